The number of aliphatic imine (C=N–C) groups is 2. The predicted octanol–water partition coefficient (Wildman–Crippen LogP) is 3.48. The summed E-state index contributed by atoms with van der Waals surface area (Å²) in [5, 5.41) is 0. The SMILES string of the molecule is C=N/C=N\c1c(C)cccc1C(C)C. The van der Waals surface area contributed by atoms with Gasteiger partial charge in [-0.1, -0.05) is 32.0 Å². The van der Waals surface area contributed by atoms with Crippen LogP contribution in [0.2, 0.25) is 0 Å². The van der Waals surface area contributed by atoms with Crippen LogP contribution in [0.4, 0.5) is 5.69 Å². The van der Waals surface area contributed by atoms with E-state index in [9.17, 15) is 0 Å². The standard InChI is InChI=1S/C12H16N2/c1-9(2)11-7-5-6-10(3)12(11)14-8-13-4/h5-9H,4H2,1-3H3/b14-8-. The summed E-state index contributed by atoms with van der Waals surface area (Å²) in [4.78, 5) is 7.92. The minimum Gasteiger partial charge on any atom is -0.253 e. The Labute approximate surface area is 85.4 Å². The highest BCUT2D eigenvalue weighted by Gasteiger charge is 2.06. The first kappa shape index (κ1) is 10.6. The lowest BCUT2D eigenvalue weighted by molar-refractivity contribution is 0.865. The van der Waals surface area contributed by atoms with Crippen molar-refractivity contribution in [3.8, 4) is 0 Å². The molecule has 14 heavy (non-hydrogen) atoms. The average molecular weight is 188 g/mol. The number of rotatable bonds is 3. The third-order valence-electron chi connectivity index (χ3n) is 2.16. The van der Waals surface area contributed by atoms with E-state index in [0.717, 1.165) is 5.69 Å². The van der Waals surface area contributed by atoms with Crippen LogP contribution in [0.3, 0.4) is 0 Å². The number of hydrogen-bond donors (Lipinski definition) is 0. The zero-order valence-electron chi connectivity index (χ0n) is 8.99. The zero-order valence-corrected chi connectivity index (χ0v) is 8.99. The van der Waals surface area contributed by atoms with Gasteiger partial charge in [-0.05, 0) is 30.7 Å². The maximum absolute atomic E-state index is 4.29. The van der Waals surface area contributed by atoms with E-state index < -0.39 is 0 Å². The summed E-state index contributed by atoms with van der Waals surface area (Å²) in [5.41, 5.74) is 3.45. The molecule has 0 aliphatic heterocycles. The molecule has 0 aliphatic carbocycles. The lowest BCUT2D eigenvalue weighted by Gasteiger charge is -2.10. The Balaban J connectivity index is 3.21. The van der Waals surface area contributed by atoms with Gasteiger partial charge in [-0.25, -0.2) is 4.99 Å². The molecular weight excluding hydrogens is 172 g/mol. The third-order valence-corrected chi connectivity index (χ3v) is 2.16. The molecule has 74 valence electrons. The molecule has 1 aromatic carbocycles. The minimum atomic E-state index is 0.479. The topological polar surface area (TPSA) is 24.7 Å². The predicted molar refractivity (Wildman–Crippen MR) is 63.0 cm³/mol. The Hall–Kier alpha value is -1.44. The summed E-state index contributed by atoms with van der Waals surface area (Å²) >= 11 is 0. The van der Waals surface area contributed by atoms with Crippen LogP contribution in [0.5, 0.6) is 0 Å². The summed E-state index contributed by atoms with van der Waals surface area (Å²) in [6.45, 7) is 9.76. The molecule has 0 radical (unpaired) electrons. The van der Waals surface area contributed by atoms with E-state index in [-0.39, 0.29) is 0 Å². The van der Waals surface area contributed by atoms with Gasteiger partial charge in [0.1, 0.15) is 6.34 Å². The van der Waals surface area contributed by atoms with E-state index in [0.29, 0.717) is 5.92 Å². The van der Waals surface area contributed by atoms with E-state index in [4.69, 9.17) is 0 Å². The average Bonchev–Trinajstić information content (AvgIpc) is 2.15. The Morgan fingerprint density at radius 1 is 1.36 bits per heavy atom. The van der Waals surface area contributed by atoms with Gasteiger partial charge in [-0.2, -0.15) is 0 Å². The van der Waals surface area contributed by atoms with Gasteiger partial charge in [0.25, 0.3) is 0 Å². The van der Waals surface area contributed by atoms with Crippen molar-refractivity contribution >= 4 is 18.7 Å². The molecule has 0 fully saturated rings. The summed E-state index contributed by atoms with van der Waals surface area (Å²) in [7, 11) is 0. The van der Waals surface area contributed by atoms with Gasteiger partial charge in [0.05, 0.1) is 5.69 Å². The molecule has 0 saturated heterocycles. The van der Waals surface area contributed by atoms with Crippen LogP contribution >= 0.6 is 0 Å². The molecule has 2 nitrogen and oxygen atoms in total. The Morgan fingerprint density at radius 3 is 2.64 bits per heavy atom. The lowest BCUT2D eigenvalue weighted by atomic mass is 9.98. The summed E-state index contributed by atoms with van der Waals surface area (Å²) in [5.74, 6) is 0.479. The van der Waals surface area contributed by atoms with Crippen LogP contribution in [0.1, 0.15) is 30.9 Å². The van der Waals surface area contributed by atoms with Crippen molar-refractivity contribution in [1.29, 1.82) is 0 Å². The molecule has 0 bridgehead atoms. The van der Waals surface area contributed by atoms with Crippen LogP contribution in [0.25, 0.3) is 0 Å². The lowest BCUT2D eigenvalue weighted by Crippen LogP contribution is -1.90. The van der Waals surface area contributed by atoms with Crippen molar-refractivity contribution in [3.63, 3.8) is 0 Å². The fraction of sp³-hybridized carbons (Fsp3) is 0.333. The van der Waals surface area contributed by atoms with Gasteiger partial charge in [-0.15, -0.1) is 0 Å². The molecule has 0 unspecified atom stereocenters. The Kier molecular flexibility index (Phi) is 3.57. The van der Waals surface area contributed by atoms with Crippen molar-refractivity contribution in [3.05, 3.63) is 29.3 Å². The molecule has 0 aromatic heterocycles. The number of para-hydroxylation sites is 1. The molecule has 0 N–H and O–H groups in total. The van der Waals surface area contributed by atoms with Crippen LogP contribution in [-0.4, -0.2) is 13.1 Å². The number of hydrogen-bond acceptors (Lipinski definition) is 1. The quantitative estimate of drug-likeness (QED) is 0.512. The summed E-state index contributed by atoms with van der Waals surface area (Å²) < 4.78 is 0. The first-order valence-corrected chi connectivity index (χ1v) is 4.74. The Bertz CT molecular complexity index is 351. The second-order valence-corrected chi connectivity index (χ2v) is 3.59. The largest absolute Gasteiger partial charge is 0.253 e. The van der Waals surface area contributed by atoms with Crippen LogP contribution in [0, 0.1) is 6.92 Å². The molecule has 0 saturated carbocycles. The smallest absolute Gasteiger partial charge is 0.115 e. The molecular formula is C12H16N2. The molecule has 0 aliphatic rings. The van der Waals surface area contributed by atoms with E-state index in [1.807, 2.05) is 0 Å². The van der Waals surface area contributed by atoms with Crippen LogP contribution in [0.15, 0.2) is 28.2 Å². The second kappa shape index (κ2) is 4.70. The number of benzene rings is 1. The summed E-state index contributed by atoms with van der Waals surface area (Å²) in [6, 6.07) is 6.22. The number of nitrogens with zero attached hydrogens (tertiary/aromatic N) is 2. The number of aryl methyl sites for hydroxylation is 1. The molecule has 2 heteroatoms. The molecule has 0 spiro atoms. The fourth-order valence-electron chi connectivity index (χ4n) is 1.42. The molecule has 0 atom stereocenters. The zero-order chi connectivity index (χ0) is 10.6. The van der Waals surface area contributed by atoms with E-state index >= 15 is 0 Å². The maximum atomic E-state index is 4.29. The van der Waals surface area contributed by atoms with Crippen molar-refractivity contribution in [1.82, 2.24) is 0 Å². The van der Waals surface area contributed by atoms with E-state index in [1.54, 1.807) is 0 Å². The van der Waals surface area contributed by atoms with E-state index in [2.05, 4.69) is 55.7 Å². The van der Waals surface area contributed by atoms with Gasteiger partial charge in [0.2, 0.25) is 0 Å². The van der Waals surface area contributed by atoms with Gasteiger partial charge < -0.3 is 0 Å². The highest BCUT2D eigenvalue weighted by Crippen LogP contribution is 2.29. The van der Waals surface area contributed by atoms with Crippen LogP contribution < -0.4 is 0 Å². The fourth-order valence-corrected chi connectivity index (χ4v) is 1.42. The molecule has 0 heterocycles. The first-order chi connectivity index (χ1) is 6.66. The third kappa shape index (κ3) is 2.28. The second-order valence-electron chi connectivity index (χ2n) is 3.59. The molecule has 0 amide bonds. The van der Waals surface area contributed by atoms with Crippen molar-refractivity contribution in [2.24, 2.45) is 9.98 Å². The molecule has 1 rings (SSSR count). The van der Waals surface area contributed by atoms with Gasteiger partial charge >= 0.3 is 0 Å². The van der Waals surface area contributed by atoms with Gasteiger partial charge in [0.15, 0.2) is 0 Å². The normalized spacial score (nSPS) is 11.1. The first-order valence-electron chi connectivity index (χ1n) is 4.74. The Morgan fingerprint density at radius 2 is 2.07 bits per heavy atom. The van der Waals surface area contributed by atoms with Gasteiger partial charge in [-0.3, -0.25) is 4.99 Å². The highest BCUT2D eigenvalue weighted by atomic mass is 14.8. The van der Waals surface area contributed by atoms with Crippen molar-refractivity contribution in [2.75, 3.05) is 0 Å². The van der Waals surface area contributed by atoms with Crippen molar-refractivity contribution < 1.29 is 0 Å². The van der Waals surface area contributed by atoms with Crippen molar-refractivity contribution in [2.45, 2.75) is 26.7 Å². The maximum Gasteiger partial charge on any atom is 0.115 e. The minimum absolute atomic E-state index is 0.479. The molecule has 1 aromatic rings. The van der Waals surface area contributed by atoms with E-state index in [1.165, 1.54) is 17.5 Å². The summed E-state index contributed by atoms with van der Waals surface area (Å²) in [6.07, 6.45) is 1.49. The monoisotopic (exact) mass is 188 g/mol. The highest BCUT2D eigenvalue weighted by molar-refractivity contribution is 5.69. The van der Waals surface area contributed by atoms with Gasteiger partial charge in [0, 0.05) is 0 Å². The van der Waals surface area contributed by atoms with Crippen LogP contribution in [-0.2, 0) is 0 Å².